The Hall–Kier alpha value is -0.0800. The van der Waals surface area contributed by atoms with Crippen LogP contribution in [0.3, 0.4) is 0 Å². The van der Waals surface area contributed by atoms with Crippen molar-refractivity contribution in [3.63, 3.8) is 0 Å². The molecule has 0 aromatic heterocycles. The van der Waals surface area contributed by atoms with E-state index in [0.29, 0.717) is 0 Å². The fraction of sp³-hybridized carbons (Fsp3) is 1.00. The molecule has 0 aromatic rings. The Labute approximate surface area is 119 Å². The minimum atomic E-state index is 0.828. The summed E-state index contributed by atoms with van der Waals surface area (Å²) in [6.07, 6.45) is 13.3. The maximum Gasteiger partial charge on any atom is 0.0221 e. The van der Waals surface area contributed by atoms with Crippen molar-refractivity contribution in [2.45, 2.75) is 76.8 Å². The maximum atomic E-state index is 3.92. The Balaban J connectivity index is 1.43. The number of hydrogen-bond acceptors (Lipinski definition) is 2. The van der Waals surface area contributed by atoms with Crippen molar-refractivity contribution in [3.05, 3.63) is 0 Å². The van der Waals surface area contributed by atoms with Gasteiger partial charge in [0.05, 0.1) is 0 Å². The summed E-state index contributed by atoms with van der Waals surface area (Å²) in [7, 11) is 0. The quantitative estimate of drug-likeness (QED) is 0.837. The van der Waals surface area contributed by atoms with Crippen LogP contribution in [-0.4, -0.2) is 36.6 Å². The van der Waals surface area contributed by atoms with E-state index in [1.807, 2.05) is 0 Å². The average Bonchev–Trinajstić information content (AvgIpc) is 2.92. The molecule has 4 unspecified atom stereocenters. The first-order chi connectivity index (χ1) is 9.36. The number of rotatable bonds is 4. The molecule has 4 atom stereocenters. The van der Waals surface area contributed by atoms with Crippen molar-refractivity contribution in [1.82, 2.24) is 10.2 Å². The maximum absolute atomic E-state index is 3.92. The first-order valence-corrected chi connectivity index (χ1v) is 8.84. The predicted molar refractivity (Wildman–Crippen MR) is 81.4 cm³/mol. The summed E-state index contributed by atoms with van der Waals surface area (Å²) in [5, 5.41) is 3.92. The molecule has 2 nitrogen and oxygen atoms in total. The molecule has 3 rings (SSSR count). The second-order valence-corrected chi connectivity index (χ2v) is 7.15. The molecule has 1 N–H and O–H groups in total. The van der Waals surface area contributed by atoms with E-state index in [4.69, 9.17) is 0 Å². The van der Waals surface area contributed by atoms with Gasteiger partial charge in [-0.25, -0.2) is 0 Å². The first kappa shape index (κ1) is 13.9. The van der Waals surface area contributed by atoms with E-state index >= 15 is 0 Å². The second kappa shape index (κ2) is 6.58. The summed E-state index contributed by atoms with van der Waals surface area (Å²) < 4.78 is 0. The van der Waals surface area contributed by atoms with Crippen molar-refractivity contribution in [2.75, 3.05) is 19.6 Å². The SMILES string of the molecule is CCN1CCCC1CNC1CCC2CCCCC2C1. The molecule has 2 heteroatoms. The topological polar surface area (TPSA) is 15.3 Å². The third-order valence-electron chi connectivity index (χ3n) is 6.09. The largest absolute Gasteiger partial charge is 0.312 e. The second-order valence-electron chi connectivity index (χ2n) is 7.15. The van der Waals surface area contributed by atoms with Gasteiger partial charge in [-0.1, -0.05) is 32.6 Å². The smallest absolute Gasteiger partial charge is 0.0221 e. The Morgan fingerprint density at radius 1 is 0.947 bits per heavy atom. The van der Waals surface area contributed by atoms with Gasteiger partial charge in [0.1, 0.15) is 0 Å². The summed E-state index contributed by atoms with van der Waals surface area (Å²) in [6, 6.07) is 1.66. The highest BCUT2D eigenvalue weighted by molar-refractivity contribution is 4.88. The number of nitrogens with one attached hydrogen (secondary N) is 1. The van der Waals surface area contributed by atoms with Crippen LogP contribution in [-0.2, 0) is 0 Å². The number of fused-ring (bicyclic) bond motifs is 1. The molecule has 0 radical (unpaired) electrons. The monoisotopic (exact) mass is 264 g/mol. The Bertz CT molecular complexity index is 278. The molecule has 1 heterocycles. The van der Waals surface area contributed by atoms with Gasteiger partial charge in [-0.15, -0.1) is 0 Å². The lowest BCUT2D eigenvalue weighted by atomic mass is 9.69. The van der Waals surface area contributed by atoms with E-state index < -0.39 is 0 Å². The van der Waals surface area contributed by atoms with Crippen LogP contribution in [0.5, 0.6) is 0 Å². The molecule has 0 amide bonds. The molecule has 0 aromatic carbocycles. The fourth-order valence-electron chi connectivity index (χ4n) is 4.90. The Morgan fingerprint density at radius 3 is 2.63 bits per heavy atom. The summed E-state index contributed by atoms with van der Waals surface area (Å²) in [5.41, 5.74) is 0. The van der Waals surface area contributed by atoms with Gasteiger partial charge in [0.15, 0.2) is 0 Å². The number of likely N-dealkylation sites (N-methyl/N-ethyl adjacent to an activating group) is 1. The van der Waals surface area contributed by atoms with Crippen LogP contribution in [0.2, 0.25) is 0 Å². The van der Waals surface area contributed by atoms with Crippen molar-refractivity contribution in [2.24, 2.45) is 11.8 Å². The van der Waals surface area contributed by atoms with Gasteiger partial charge in [0.25, 0.3) is 0 Å². The number of hydrogen-bond donors (Lipinski definition) is 1. The molecular weight excluding hydrogens is 232 g/mol. The standard InChI is InChI=1S/C17H32N2/c1-2-19-11-5-8-17(19)13-18-16-10-9-14-6-3-4-7-15(14)12-16/h14-18H,2-13H2,1H3. The van der Waals surface area contributed by atoms with Gasteiger partial charge in [-0.3, -0.25) is 4.90 Å². The molecular formula is C17H32N2. The zero-order chi connectivity index (χ0) is 13.1. The lowest BCUT2D eigenvalue weighted by molar-refractivity contribution is 0.138. The van der Waals surface area contributed by atoms with Gasteiger partial charge in [-0.2, -0.15) is 0 Å². The summed E-state index contributed by atoms with van der Waals surface area (Å²) in [4.78, 5) is 2.67. The molecule has 19 heavy (non-hydrogen) atoms. The van der Waals surface area contributed by atoms with Gasteiger partial charge < -0.3 is 5.32 Å². The Morgan fingerprint density at radius 2 is 1.79 bits per heavy atom. The van der Waals surface area contributed by atoms with E-state index in [0.717, 1.165) is 23.9 Å². The van der Waals surface area contributed by atoms with Crippen molar-refractivity contribution in [3.8, 4) is 0 Å². The minimum Gasteiger partial charge on any atom is -0.312 e. The van der Waals surface area contributed by atoms with Gasteiger partial charge in [0, 0.05) is 18.6 Å². The van der Waals surface area contributed by atoms with Crippen molar-refractivity contribution in [1.29, 1.82) is 0 Å². The summed E-state index contributed by atoms with van der Waals surface area (Å²) >= 11 is 0. The van der Waals surface area contributed by atoms with Crippen molar-refractivity contribution < 1.29 is 0 Å². The van der Waals surface area contributed by atoms with E-state index in [1.165, 1.54) is 77.4 Å². The minimum absolute atomic E-state index is 0.828. The van der Waals surface area contributed by atoms with Crippen LogP contribution in [0.25, 0.3) is 0 Å². The van der Waals surface area contributed by atoms with Crippen LogP contribution < -0.4 is 5.32 Å². The highest BCUT2D eigenvalue weighted by Gasteiger charge is 2.32. The predicted octanol–water partition coefficient (Wildman–Crippen LogP) is 3.42. The normalized spacial score (nSPS) is 40.3. The third-order valence-corrected chi connectivity index (χ3v) is 6.09. The Kier molecular flexibility index (Phi) is 4.81. The van der Waals surface area contributed by atoms with E-state index in [-0.39, 0.29) is 0 Å². The zero-order valence-electron chi connectivity index (χ0n) is 12.7. The van der Waals surface area contributed by atoms with Crippen LogP contribution in [0.15, 0.2) is 0 Å². The third kappa shape index (κ3) is 3.33. The lowest BCUT2D eigenvalue weighted by Gasteiger charge is -2.40. The summed E-state index contributed by atoms with van der Waals surface area (Å²) in [6.45, 7) is 6.13. The lowest BCUT2D eigenvalue weighted by Crippen LogP contribution is -2.44. The average molecular weight is 264 g/mol. The van der Waals surface area contributed by atoms with Gasteiger partial charge >= 0.3 is 0 Å². The zero-order valence-corrected chi connectivity index (χ0v) is 12.7. The summed E-state index contributed by atoms with van der Waals surface area (Å²) in [5.74, 6) is 2.15. The molecule has 1 aliphatic heterocycles. The molecule has 110 valence electrons. The molecule has 3 fully saturated rings. The molecule has 2 aliphatic carbocycles. The number of likely N-dealkylation sites (tertiary alicyclic amines) is 1. The van der Waals surface area contributed by atoms with Crippen LogP contribution in [0, 0.1) is 11.8 Å². The fourth-order valence-corrected chi connectivity index (χ4v) is 4.90. The highest BCUT2D eigenvalue weighted by Crippen LogP contribution is 2.40. The molecule has 1 saturated heterocycles. The molecule has 3 aliphatic rings. The molecule has 0 bridgehead atoms. The van der Waals surface area contributed by atoms with Crippen LogP contribution in [0.1, 0.15) is 64.7 Å². The van der Waals surface area contributed by atoms with Gasteiger partial charge in [0.2, 0.25) is 0 Å². The van der Waals surface area contributed by atoms with E-state index in [2.05, 4.69) is 17.1 Å². The number of nitrogens with zero attached hydrogens (tertiary/aromatic N) is 1. The molecule has 2 saturated carbocycles. The molecule has 0 spiro atoms. The van der Waals surface area contributed by atoms with Crippen LogP contribution in [0.4, 0.5) is 0 Å². The first-order valence-electron chi connectivity index (χ1n) is 8.84. The highest BCUT2D eigenvalue weighted by atomic mass is 15.2. The van der Waals surface area contributed by atoms with Crippen molar-refractivity contribution >= 4 is 0 Å². The van der Waals surface area contributed by atoms with E-state index in [1.54, 1.807) is 0 Å². The van der Waals surface area contributed by atoms with Crippen LogP contribution >= 0.6 is 0 Å². The van der Waals surface area contributed by atoms with Gasteiger partial charge in [-0.05, 0) is 57.0 Å². The van der Waals surface area contributed by atoms with E-state index in [9.17, 15) is 0 Å².